The number of hydrogen-bond acceptors (Lipinski definition) is 5. The van der Waals surface area contributed by atoms with E-state index in [-0.39, 0.29) is 22.1 Å². The van der Waals surface area contributed by atoms with Crippen LogP contribution in [0.5, 0.6) is 5.75 Å². The first-order valence-corrected chi connectivity index (χ1v) is 7.91. The second-order valence-electron chi connectivity index (χ2n) is 4.32. The number of non-ortho nitro benzene ring substituents is 1. The molecule has 122 valence electrons. The molecule has 23 heavy (non-hydrogen) atoms. The van der Waals surface area contributed by atoms with Gasteiger partial charge in [0.15, 0.2) is 0 Å². The van der Waals surface area contributed by atoms with Crippen molar-refractivity contribution in [2.45, 2.75) is 4.90 Å². The van der Waals surface area contributed by atoms with E-state index >= 15 is 0 Å². The minimum absolute atomic E-state index is 0.0365. The molecule has 0 aliphatic heterocycles. The van der Waals surface area contributed by atoms with Crippen LogP contribution in [0.1, 0.15) is 0 Å². The van der Waals surface area contributed by atoms with Gasteiger partial charge in [0.25, 0.3) is 15.7 Å². The molecule has 0 atom stereocenters. The van der Waals surface area contributed by atoms with Crippen LogP contribution in [-0.2, 0) is 10.0 Å². The smallest absolute Gasteiger partial charge is 0.271 e. The van der Waals surface area contributed by atoms with Gasteiger partial charge in [0.05, 0.1) is 17.7 Å². The molecule has 2 rings (SSSR count). The van der Waals surface area contributed by atoms with Gasteiger partial charge in [0.1, 0.15) is 16.5 Å². The molecule has 0 unspecified atom stereocenters. The van der Waals surface area contributed by atoms with E-state index in [9.17, 15) is 22.9 Å². The summed E-state index contributed by atoms with van der Waals surface area (Å²) in [5.41, 5.74) is -0.531. The molecule has 2 aromatic rings. The van der Waals surface area contributed by atoms with Gasteiger partial charge in [-0.05, 0) is 24.3 Å². The van der Waals surface area contributed by atoms with E-state index in [1.807, 2.05) is 0 Å². The highest BCUT2D eigenvalue weighted by Gasteiger charge is 2.22. The third kappa shape index (κ3) is 3.69. The van der Waals surface area contributed by atoms with Crippen molar-refractivity contribution in [1.82, 2.24) is 0 Å². The zero-order chi connectivity index (χ0) is 17.2. The van der Waals surface area contributed by atoms with Gasteiger partial charge >= 0.3 is 0 Å². The minimum Gasteiger partial charge on any atom is -0.495 e. The van der Waals surface area contributed by atoms with E-state index in [4.69, 9.17) is 16.3 Å². The molecule has 0 saturated carbocycles. The van der Waals surface area contributed by atoms with Crippen LogP contribution in [0.3, 0.4) is 0 Å². The summed E-state index contributed by atoms with van der Waals surface area (Å²) in [6.07, 6.45) is 0. The van der Waals surface area contributed by atoms with Crippen LogP contribution in [-0.4, -0.2) is 20.5 Å². The third-order valence-corrected chi connectivity index (χ3v) is 4.46. The minimum atomic E-state index is -4.32. The number of anilines is 1. The highest BCUT2D eigenvalue weighted by molar-refractivity contribution is 7.92. The largest absolute Gasteiger partial charge is 0.495 e. The average Bonchev–Trinajstić information content (AvgIpc) is 2.46. The van der Waals surface area contributed by atoms with Gasteiger partial charge in [-0.3, -0.25) is 14.8 Å². The number of rotatable bonds is 5. The molecule has 0 spiro atoms. The molecule has 0 amide bonds. The summed E-state index contributed by atoms with van der Waals surface area (Å²) < 4.78 is 45.3. The highest BCUT2D eigenvalue weighted by Crippen LogP contribution is 2.31. The second-order valence-corrected chi connectivity index (χ2v) is 6.41. The average molecular weight is 361 g/mol. The van der Waals surface area contributed by atoms with Crippen molar-refractivity contribution in [3.63, 3.8) is 0 Å². The Morgan fingerprint density at radius 1 is 1.26 bits per heavy atom. The molecular weight excluding hydrogens is 351 g/mol. The second kappa shape index (κ2) is 6.39. The van der Waals surface area contributed by atoms with Crippen molar-refractivity contribution >= 4 is 33.0 Å². The van der Waals surface area contributed by atoms with Gasteiger partial charge in [0.2, 0.25) is 0 Å². The monoisotopic (exact) mass is 360 g/mol. The number of nitro benzene ring substituents is 1. The summed E-state index contributed by atoms with van der Waals surface area (Å²) in [6.45, 7) is 0. The highest BCUT2D eigenvalue weighted by atomic mass is 35.5. The molecule has 0 bridgehead atoms. The number of benzene rings is 2. The lowest BCUT2D eigenvalue weighted by molar-refractivity contribution is -0.384. The summed E-state index contributed by atoms with van der Waals surface area (Å²) in [5.74, 6) is -0.997. The van der Waals surface area contributed by atoms with Crippen LogP contribution in [0.25, 0.3) is 0 Å². The van der Waals surface area contributed by atoms with E-state index in [2.05, 4.69) is 4.72 Å². The van der Waals surface area contributed by atoms with Gasteiger partial charge in [-0.1, -0.05) is 11.6 Å². The maximum absolute atomic E-state index is 13.8. The Morgan fingerprint density at radius 3 is 2.52 bits per heavy atom. The predicted octanol–water partition coefficient (Wildman–Crippen LogP) is 3.20. The molecule has 0 saturated heterocycles. The first-order valence-electron chi connectivity index (χ1n) is 6.05. The number of methoxy groups -OCH3 is 1. The number of nitro groups is 1. The van der Waals surface area contributed by atoms with E-state index in [0.29, 0.717) is 0 Å². The predicted molar refractivity (Wildman–Crippen MR) is 81.9 cm³/mol. The number of hydrogen-bond donors (Lipinski definition) is 1. The standard InChI is InChI=1S/C13H10ClFN2O5S/c1-22-12-4-3-9(17(18)19)7-11(12)16-23(20,21)13-5-2-8(14)6-10(13)15/h2-7,16H,1H3. The summed E-state index contributed by atoms with van der Waals surface area (Å²) in [6, 6.07) is 6.41. The van der Waals surface area contributed by atoms with Gasteiger partial charge in [0, 0.05) is 17.2 Å². The van der Waals surface area contributed by atoms with Crippen LogP contribution < -0.4 is 9.46 Å². The topological polar surface area (TPSA) is 98.5 Å². The zero-order valence-corrected chi connectivity index (χ0v) is 13.2. The summed E-state index contributed by atoms with van der Waals surface area (Å²) in [5, 5.41) is 10.8. The summed E-state index contributed by atoms with van der Waals surface area (Å²) in [4.78, 5) is 9.46. The lowest BCUT2D eigenvalue weighted by Crippen LogP contribution is -2.15. The normalized spacial score (nSPS) is 11.1. The van der Waals surface area contributed by atoms with Crippen molar-refractivity contribution in [3.05, 3.63) is 57.4 Å². The molecule has 0 heterocycles. The molecule has 10 heteroatoms. The van der Waals surface area contributed by atoms with Crippen molar-refractivity contribution in [2.75, 3.05) is 11.8 Å². The quantitative estimate of drug-likeness (QED) is 0.652. The van der Waals surface area contributed by atoms with Gasteiger partial charge in [-0.2, -0.15) is 0 Å². The SMILES string of the molecule is COc1ccc([N+](=O)[O-])cc1NS(=O)(=O)c1ccc(Cl)cc1F. The van der Waals surface area contributed by atoms with Gasteiger partial charge < -0.3 is 4.74 Å². The van der Waals surface area contributed by atoms with E-state index in [1.165, 1.54) is 19.2 Å². The van der Waals surface area contributed by atoms with Crippen LogP contribution >= 0.6 is 11.6 Å². The fourth-order valence-corrected chi connectivity index (χ4v) is 3.06. The molecule has 0 radical (unpaired) electrons. The van der Waals surface area contributed by atoms with E-state index < -0.39 is 25.7 Å². The van der Waals surface area contributed by atoms with E-state index in [0.717, 1.165) is 24.3 Å². The molecule has 7 nitrogen and oxygen atoms in total. The van der Waals surface area contributed by atoms with Gasteiger partial charge in [-0.15, -0.1) is 0 Å². The van der Waals surface area contributed by atoms with Crippen LogP contribution in [0, 0.1) is 15.9 Å². The molecule has 0 fully saturated rings. The lowest BCUT2D eigenvalue weighted by Gasteiger charge is -2.12. The number of nitrogens with one attached hydrogen (secondary N) is 1. The molecule has 0 aliphatic carbocycles. The summed E-state index contributed by atoms with van der Waals surface area (Å²) >= 11 is 5.58. The molecule has 1 N–H and O–H groups in total. The van der Waals surface area contributed by atoms with Crippen LogP contribution in [0.15, 0.2) is 41.3 Å². The Labute approximate surface area is 135 Å². The Morgan fingerprint density at radius 2 is 1.96 bits per heavy atom. The number of sulfonamides is 1. The Bertz CT molecular complexity index is 873. The fraction of sp³-hybridized carbons (Fsp3) is 0.0769. The molecule has 0 aromatic heterocycles. The first kappa shape index (κ1) is 17.0. The summed E-state index contributed by atoms with van der Waals surface area (Å²) in [7, 11) is -3.06. The van der Waals surface area contributed by atoms with Crippen molar-refractivity contribution in [3.8, 4) is 5.75 Å². The van der Waals surface area contributed by atoms with Crippen molar-refractivity contribution in [2.24, 2.45) is 0 Å². The zero-order valence-electron chi connectivity index (χ0n) is 11.6. The number of nitrogens with zero attached hydrogens (tertiary/aromatic N) is 1. The number of halogens is 2. The maximum Gasteiger partial charge on any atom is 0.271 e. The third-order valence-electron chi connectivity index (χ3n) is 2.82. The first-order chi connectivity index (χ1) is 10.7. The molecular formula is C13H10ClFN2O5S. The van der Waals surface area contributed by atoms with Gasteiger partial charge in [-0.25, -0.2) is 12.8 Å². The van der Waals surface area contributed by atoms with Crippen molar-refractivity contribution in [1.29, 1.82) is 0 Å². The fourth-order valence-electron chi connectivity index (χ4n) is 1.78. The Kier molecular flexibility index (Phi) is 4.71. The number of ether oxygens (including phenoxy) is 1. The van der Waals surface area contributed by atoms with Crippen LogP contribution in [0.2, 0.25) is 5.02 Å². The van der Waals surface area contributed by atoms with E-state index in [1.54, 1.807) is 0 Å². The van der Waals surface area contributed by atoms with Crippen molar-refractivity contribution < 1.29 is 22.5 Å². The molecule has 0 aliphatic rings. The lowest BCUT2D eigenvalue weighted by atomic mass is 10.2. The molecule has 2 aromatic carbocycles. The maximum atomic E-state index is 13.8. The Balaban J connectivity index is 2.48. The Hall–Kier alpha value is -2.39. The van der Waals surface area contributed by atoms with Crippen LogP contribution in [0.4, 0.5) is 15.8 Å².